The fourth-order valence-electron chi connectivity index (χ4n) is 4.95. The van der Waals surface area contributed by atoms with E-state index < -0.39 is 45.4 Å². The zero-order valence-electron chi connectivity index (χ0n) is 24.3. The first-order valence-corrected chi connectivity index (χ1v) is 15.4. The number of hydrogen-bond donors (Lipinski definition) is 8. The van der Waals surface area contributed by atoms with E-state index in [4.69, 9.17) is 16.3 Å². The molecule has 3 aromatic rings. The number of sulfone groups is 1. The number of aryl methyl sites for hydroxylation is 1. The fraction of sp³-hybridized carbons (Fsp3) is 0.429. The number of halogens is 1. The van der Waals surface area contributed by atoms with E-state index in [0.717, 1.165) is 0 Å². The monoisotopic (exact) mass is 637 g/mol. The van der Waals surface area contributed by atoms with E-state index in [2.05, 4.69) is 20.6 Å². The summed E-state index contributed by atoms with van der Waals surface area (Å²) in [5, 5.41) is 59.4. The SMILES string of the molecule is Cc1cc(Nc2ncc(Cl)c(Nc3ccccc3S(=O)(=O)C(C)C)n2)c(OC(C)C)cc1C1(O)CC(O)(O)NC(O)(O)C1. The minimum atomic E-state index is -3.62. The van der Waals surface area contributed by atoms with Crippen LogP contribution < -0.4 is 20.7 Å². The summed E-state index contributed by atoms with van der Waals surface area (Å²) in [5.74, 6) is -5.10. The lowest BCUT2D eigenvalue weighted by molar-refractivity contribution is -0.345. The highest BCUT2D eigenvalue weighted by Crippen LogP contribution is 2.44. The molecule has 0 spiro atoms. The fourth-order valence-corrected chi connectivity index (χ4v) is 6.29. The van der Waals surface area contributed by atoms with Gasteiger partial charge in [0.15, 0.2) is 15.7 Å². The molecule has 0 saturated carbocycles. The Balaban J connectivity index is 1.72. The number of hydrogen-bond acceptors (Lipinski definition) is 13. The second kappa shape index (κ2) is 11.8. The number of piperidine rings is 1. The number of rotatable bonds is 9. The van der Waals surface area contributed by atoms with Gasteiger partial charge < -0.3 is 40.9 Å². The zero-order chi connectivity index (χ0) is 32.0. The van der Waals surface area contributed by atoms with E-state index in [1.165, 1.54) is 18.3 Å². The maximum atomic E-state index is 12.9. The molecule has 13 nitrogen and oxygen atoms in total. The van der Waals surface area contributed by atoms with E-state index >= 15 is 0 Å². The van der Waals surface area contributed by atoms with Crippen molar-refractivity contribution in [2.45, 2.75) is 81.1 Å². The summed E-state index contributed by atoms with van der Waals surface area (Å²) in [6, 6.07) is 9.48. The molecule has 0 bridgehead atoms. The number of aromatic nitrogens is 2. The van der Waals surface area contributed by atoms with Crippen LogP contribution in [-0.2, 0) is 15.4 Å². The van der Waals surface area contributed by atoms with Crippen molar-refractivity contribution in [3.63, 3.8) is 0 Å². The summed E-state index contributed by atoms with van der Waals surface area (Å²) in [6.07, 6.45) is -0.321. The lowest BCUT2D eigenvalue weighted by atomic mass is 9.79. The minimum Gasteiger partial charge on any atom is -0.489 e. The van der Waals surface area contributed by atoms with Gasteiger partial charge in [0.1, 0.15) is 16.4 Å². The van der Waals surface area contributed by atoms with Gasteiger partial charge in [0.25, 0.3) is 0 Å². The van der Waals surface area contributed by atoms with Crippen LogP contribution in [0.4, 0.5) is 23.1 Å². The van der Waals surface area contributed by atoms with E-state index in [0.29, 0.717) is 11.3 Å². The summed E-state index contributed by atoms with van der Waals surface area (Å²) in [7, 11) is -3.62. The molecule has 0 radical (unpaired) electrons. The second-order valence-electron chi connectivity index (χ2n) is 11.2. The van der Waals surface area contributed by atoms with Crippen molar-refractivity contribution < 1.29 is 38.7 Å². The van der Waals surface area contributed by atoms with Crippen LogP contribution in [0.25, 0.3) is 0 Å². The summed E-state index contributed by atoms with van der Waals surface area (Å²) < 4.78 is 31.8. The number of benzene rings is 2. The first kappa shape index (κ1) is 32.8. The Bertz CT molecular complexity index is 1600. The number of para-hydroxylation sites is 1. The summed E-state index contributed by atoms with van der Waals surface area (Å²) in [4.78, 5) is 8.76. The number of ether oxygens (including phenoxy) is 1. The molecule has 234 valence electrons. The Morgan fingerprint density at radius 2 is 1.60 bits per heavy atom. The van der Waals surface area contributed by atoms with Gasteiger partial charge in [-0.25, -0.2) is 18.7 Å². The van der Waals surface area contributed by atoms with Gasteiger partial charge in [0.05, 0.1) is 33.8 Å². The molecule has 8 N–H and O–H groups in total. The van der Waals surface area contributed by atoms with Crippen molar-refractivity contribution in [3.05, 3.63) is 58.7 Å². The van der Waals surface area contributed by atoms with Gasteiger partial charge >= 0.3 is 0 Å². The first-order chi connectivity index (χ1) is 19.8. The minimum absolute atomic E-state index is 0.0758. The van der Waals surface area contributed by atoms with Crippen LogP contribution in [0.5, 0.6) is 5.75 Å². The molecule has 1 aliphatic heterocycles. The Hall–Kier alpha value is -3.08. The molecule has 2 aromatic carbocycles. The molecule has 1 aromatic heterocycles. The Labute approximate surface area is 254 Å². The van der Waals surface area contributed by atoms with Gasteiger partial charge in [-0.1, -0.05) is 23.7 Å². The van der Waals surface area contributed by atoms with Crippen LogP contribution in [0.3, 0.4) is 0 Å². The zero-order valence-corrected chi connectivity index (χ0v) is 25.8. The highest BCUT2D eigenvalue weighted by atomic mass is 35.5. The van der Waals surface area contributed by atoms with Crippen LogP contribution in [0, 0.1) is 6.92 Å². The van der Waals surface area contributed by atoms with Gasteiger partial charge in [-0.2, -0.15) is 4.98 Å². The van der Waals surface area contributed by atoms with Crippen LogP contribution in [0.2, 0.25) is 5.02 Å². The van der Waals surface area contributed by atoms with E-state index in [9.17, 15) is 34.0 Å². The molecule has 4 rings (SSSR count). The molecular weight excluding hydrogens is 602 g/mol. The molecule has 2 heterocycles. The number of nitrogens with one attached hydrogen (secondary N) is 3. The third-order valence-corrected chi connectivity index (χ3v) is 9.21. The van der Waals surface area contributed by atoms with E-state index in [1.54, 1.807) is 58.9 Å². The Kier molecular flexibility index (Phi) is 8.99. The third-order valence-electron chi connectivity index (χ3n) is 6.73. The van der Waals surface area contributed by atoms with Crippen molar-refractivity contribution >= 4 is 44.6 Å². The molecule has 0 unspecified atom stereocenters. The second-order valence-corrected chi connectivity index (χ2v) is 14.1. The van der Waals surface area contributed by atoms with E-state index in [-0.39, 0.29) is 44.8 Å². The molecule has 0 aliphatic carbocycles. The summed E-state index contributed by atoms with van der Waals surface area (Å²) in [5.41, 5.74) is -0.767. The maximum absolute atomic E-state index is 12.9. The van der Waals surface area contributed by atoms with Crippen molar-refractivity contribution in [2.75, 3.05) is 10.6 Å². The molecule has 0 amide bonds. The van der Waals surface area contributed by atoms with Gasteiger partial charge in [-0.3, -0.25) is 0 Å². The average molecular weight is 638 g/mol. The number of aliphatic hydroxyl groups is 5. The summed E-state index contributed by atoms with van der Waals surface area (Å²) >= 11 is 6.37. The smallest absolute Gasteiger partial charge is 0.229 e. The molecule has 1 fully saturated rings. The summed E-state index contributed by atoms with van der Waals surface area (Å²) in [6.45, 7) is 8.39. The van der Waals surface area contributed by atoms with Crippen LogP contribution in [-0.4, -0.2) is 67.1 Å². The third kappa shape index (κ3) is 7.36. The van der Waals surface area contributed by atoms with Crippen molar-refractivity contribution in [1.29, 1.82) is 0 Å². The van der Waals surface area contributed by atoms with Gasteiger partial charge in [-0.15, -0.1) is 0 Å². The number of anilines is 4. The van der Waals surface area contributed by atoms with Gasteiger partial charge in [-0.05, 0) is 70.0 Å². The maximum Gasteiger partial charge on any atom is 0.229 e. The first-order valence-electron chi connectivity index (χ1n) is 13.4. The van der Waals surface area contributed by atoms with Crippen molar-refractivity contribution in [3.8, 4) is 5.75 Å². The average Bonchev–Trinajstić information content (AvgIpc) is 2.85. The standard InChI is InChI=1S/C28H36ClN5O8S/c1-15(2)42-22-11-18(26(35)13-27(36,37)34-28(38,39)14-26)17(5)10-21(22)32-25-30-12-19(29)24(33-25)31-20-8-6-7-9-23(20)43(40,41)16(3)4/h6-12,15-16,34-39H,13-14H2,1-5H3,(H2,30,31,32,33). The highest BCUT2D eigenvalue weighted by Gasteiger charge is 2.53. The van der Waals surface area contributed by atoms with Crippen molar-refractivity contribution in [2.24, 2.45) is 0 Å². The van der Waals surface area contributed by atoms with Crippen LogP contribution >= 0.6 is 11.6 Å². The topological polar surface area (TPSA) is 206 Å². The van der Waals surface area contributed by atoms with E-state index in [1.807, 2.05) is 5.32 Å². The highest BCUT2D eigenvalue weighted by molar-refractivity contribution is 7.92. The number of nitrogens with zero attached hydrogens (tertiary/aromatic N) is 2. The molecule has 43 heavy (non-hydrogen) atoms. The molecular formula is C28H36ClN5O8S. The molecule has 1 saturated heterocycles. The van der Waals surface area contributed by atoms with Crippen molar-refractivity contribution in [1.82, 2.24) is 15.3 Å². The Morgan fingerprint density at radius 3 is 2.21 bits per heavy atom. The predicted octanol–water partition coefficient (Wildman–Crippen LogP) is 2.74. The lowest BCUT2D eigenvalue weighted by Crippen LogP contribution is -2.67. The normalized spacial score (nSPS) is 17.6. The molecule has 1 aliphatic rings. The lowest BCUT2D eigenvalue weighted by Gasteiger charge is -2.46. The van der Waals surface area contributed by atoms with Gasteiger partial charge in [0.2, 0.25) is 17.8 Å². The Morgan fingerprint density at radius 1 is 0.977 bits per heavy atom. The quantitative estimate of drug-likeness (QED) is 0.159. The van der Waals surface area contributed by atoms with Crippen LogP contribution in [0.1, 0.15) is 51.7 Å². The van der Waals surface area contributed by atoms with Gasteiger partial charge in [0, 0.05) is 12.8 Å². The predicted molar refractivity (Wildman–Crippen MR) is 160 cm³/mol. The largest absolute Gasteiger partial charge is 0.489 e. The molecule has 15 heteroatoms. The molecule has 0 atom stereocenters. The van der Waals surface area contributed by atoms with Crippen LogP contribution in [0.15, 0.2) is 47.5 Å².